The van der Waals surface area contributed by atoms with E-state index < -0.39 is 0 Å². The summed E-state index contributed by atoms with van der Waals surface area (Å²) in [6.45, 7) is 4.06. The van der Waals surface area contributed by atoms with Crippen molar-refractivity contribution in [2.45, 2.75) is 19.4 Å². The third-order valence-corrected chi connectivity index (χ3v) is 4.52. The van der Waals surface area contributed by atoms with Gasteiger partial charge in [-0.05, 0) is 43.5 Å². The second-order valence-electron chi connectivity index (χ2n) is 5.19. The molecule has 0 spiro atoms. The maximum atomic E-state index is 5.25. The van der Waals surface area contributed by atoms with Gasteiger partial charge in [0.1, 0.15) is 0 Å². The average molecular weight is 327 g/mol. The first kappa shape index (κ1) is 14.8. The molecule has 1 fully saturated rings. The van der Waals surface area contributed by atoms with Gasteiger partial charge in [-0.15, -0.1) is 0 Å². The van der Waals surface area contributed by atoms with E-state index in [-0.39, 0.29) is 0 Å². The quantitative estimate of drug-likeness (QED) is 0.900. The lowest BCUT2D eigenvalue weighted by atomic mass is 9.97. The highest BCUT2D eigenvalue weighted by Crippen LogP contribution is 2.27. The Kier molecular flexibility index (Phi) is 5.67. The molecule has 0 bridgehead atoms. The van der Waals surface area contributed by atoms with Crippen LogP contribution in [0.2, 0.25) is 0 Å². The van der Waals surface area contributed by atoms with E-state index in [4.69, 9.17) is 4.74 Å². The van der Waals surface area contributed by atoms with Crippen molar-refractivity contribution in [3.8, 4) is 0 Å². The van der Waals surface area contributed by atoms with E-state index >= 15 is 0 Å². The van der Waals surface area contributed by atoms with Crippen molar-refractivity contribution in [2.75, 3.05) is 38.8 Å². The molecule has 0 unspecified atom stereocenters. The first-order chi connectivity index (χ1) is 9.24. The molecule has 1 aromatic carbocycles. The van der Waals surface area contributed by atoms with E-state index in [9.17, 15) is 0 Å². The van der Waals surface area contributed by atoms with Crippen LogP contribution in [0.25, 0.3) is 0 Å². The van der Waals surface area contributed by atoms with Gasteiger partial charge in [0, 0.05) is 43.5 Å². The van der Waals surface area contributed by atoms with Gasteiger partial charge in [0.05, 0.1) is 0 Å². The van der Waals surface area contributed by atoms with Crippen LogP contribution in [0.4, 0.5) is 5.69 Å². The summed E-state index contributed by atoms with van der Waals surface area (Å²) in [6, 6.07) is 6.68. The summed E-state index contributed by atoms with van der Waals surface area (Å²) in [5.74, 6) is 0.730. The minimum Gasteiger partial charge on any atom is -0.384 e. The number of anilines is 1. The standard InChI is InChI=1S/C15H23BrN2O/c1-17-10-13-3-4-14(9-15(13)16)18-7-5-12(6-8-18)11-19-2/h3-4,9,12,17H,5-8,10-11H2,1-2H3. The third kappa shape index (κ3) is 3.94. The maximum absolute atomic E-state index is 5.25. The molecule has 0 saturated carbocycles. The lowest BCUT2D eigenvalue weighted by Gasteiger charge is -2.33. The van der Waals surface area contributed by atoms with Crippen molar-refractivity contribution in [3.63, 3.8) is 0 Å². The van der Waals surface area contributed by atoms with Gasteiger partial charge >= 0.3 is 0 Å². The van der Waals surface area contributed by atoms with E-state index in [0.717, 1.165) is 32.2 Å². The van der Waals surface area contributed by atoms with Gasteiger partial charge in [-0.1, -0.05) is 22.0 Å². The minimum absolute atomic E-state index is 0.730. The molecule has 1 aliphatic heterocycles. The predicted octanol–water partition coefficient (Wildman–Crippen LogP) is 3.03. The zero-order chi connectivity index (χ0) is 13.7. The Morgan fingerprint density at radius 2 is 2.11 bits per heavy atom. The van der Waals surface area contributed by atoms with Crippen molar-refractivity contribution in [1.29, 1.82) is 0 Å². The second kappa shape index (κ2) is 7.27. The van der Waals surface area contributed by atoms with E-state index in [1.54, 1.807) is 7.11 Å². The van der Waals surface area contributed by atoms with Gasteiger partial charge in [-0.2, -0.15) is 0 Å². The summed E-state index contributed by atoms with van der Waals surface area (Å²) in [6.07, 6.45) is 2.45. The Morgan fingerprint density at radius 3 is 2.68 bits per heavy atom. The molecule has 106 valence electrons. The zero-order valence-electron chi connectivity index (χ0n) is 11.8. The summed E-state index contributed by atoms with van der Waals surface area (Å²) in [4.78, 5) is 2.47. The summed E-state index contributed by atoms with van der Waals surface area (Å²) in [5.41, 5.74) is 2.63. The van der Waals surface area contributed by atoms with Gasteiger partial charge in [-0.25, -0.2) is 0 Å². The normalized spacial score (nSPS) is 16.9. The first-order valence-corrected chi connectivity index (χ1v) is 7.70. The second-order valence-corrected chi connectivity index (χ2v) is 6.05. The number of methoxy groups -OCH3 is 1. The molecule has 0 aromatic heterocycles. The summed E-state index contributed by atoms with van der Waals surface area (Å²) >= 11 is 3.66. The highest BCUT2D eigenvalue weighted by atomic mass is 79.9. The van der Waals surface area contributed by atoms with Crippen LogP contribution in [0.3, 0.4) is 0 Å². The van der Waals surface area contributed by atoms with Crippen LogP contribution in [0.15, 0.2) is 22.7 Å². The molecule has 0 amide bonds. The van der Waals surface area contributed by atoms with Crippen LogP contribution in [-0.4, -0.2) is 33.9 Å². The van der Waals surface area contributed by atoms with Crippen molar-refractivity contribution in [3.05, 3.63) is 28.2 Å². The Labute approximate surface area is 124 Å². The molecule has 0 atom stereocenters. The molecule has 1 aliphatic rings. The van der Waals surface area contributed by atoms with Crippen LogP contribution < -0.4 is 10.2 Å². The van der Waals surface area contributed by atoms with E-state index in [1.807, 2.05) is 7.05 Å². The first-order valence-electron chi connectivity index (χ1n) is 6.91. The fourth-order valence-corrected chi connectivity index (χ4v) is 3.17. The number of ether oxygens (including phenoxy) is 1. The number of rotatable bonds is 5. The summed E-state index contributed by atoms with van der Waals surface area (Å²) in [7, 11) is 3.77. The highest BCUT2D eigenvalue weighted by molar-refractivity contribution is 9.10. The molecule has 0 aliphatic carbocycles. The number of nitrogens with zero attached hydrogens (tertiary/aromatic N) is 1. The largest absolute Gasteiger partial charge is 0.384 e. The molecule has 1 N–H and O–H groups in total. The van der Waals surface area contributed by atoms with Gasteiger partial charge in [-0.3, -0.25) is 0 Å². The minimum atomic E-state index is 0.730. The number of hydrogen-bond acceptors (Lipinski definition) is 3. The molecule has 1 heterocycles. The van der Waals surface area contributed by atoms with Gasteiger partial charge < -0.3 is 15.0 Å². The zero-order valence-corrected chi connectivity index (χ0v) is 13.4. The number of benzene rings is 1. The summed E-state index contributed by atoms with van der Waals surface area (Å²) in [5, 5.41) is 3.19. The molecule has 3 nitrogen and oxygen atoms in total. The lowest BCUT2D eigenvalue weighted by Crippen LogP contribution is -2.35. The van der Waals surface area contributed by atoms with Crippen LogP contribution in [-0.2, 0) is 11.3 Å². The maximum Gasteiger partial charge on any atom is 0.0491 e. The fraction of sp³-hybridized carbons (Fsp3) is 0.600. The molecule has 19 heavy (non-hydrogen) atoms. The molecular weight excluding hydrogens is 304 g/mol. The number of piperidine rings is 1. The number of nitrogens with one attached hydrogen (secondary N) is 1. The van der Waals surface area contributed by atoms with Crippen molar-refractivity contribution >= 4 is 21.6 Å². The Balaban J connectivity index is 1.97. The van der Waals surface area contributed by atoms with Crippen LogP contribution >= 0.6 is 15.9 Å². The molecule has 4 heteroatoms. The van der Waals surface area contributed by atoms with Crippen molar-refractivity contribution < 1.29 is 4.74 Å². The SMILES string of the molecule is CNCc1ccc(N2CCC(COC)CC2)cc1Br. The van der Waals surface area contributed by atoms with Crippen LogP contribution in [0, 0.1) is 5.92 Å². The van der Waals surface area contributed by atoms with Gasteiger partial charge in [0.15, 0.2) is 0 Å². The number of hydrogen-bond donors (Lipinski definition) is 1. The fourth-order valence-electron chi connectivity index (χ4n) is 2.66. The van der Waals surface area contributed by atoms with Crippen LogP contribution in [0.1, 0.15) is 18.4 Å². The van der Waals surface area contributed by atoms with Crippen LogP contribution in [0.5, 0.6) is 0 Å². The third-order valence-electron chi connectivity index (χ3n) is 3.79. The Bertz CT molecular complexity index is 403. The molecule has 2 rings (SSSR count). The Hall–Kier alpha value is -0.580. The van der Waals surface area contributed by atoms with Crippen molar-refractivity contribution in [1.82, 2.24) is 5.32 Å². The topological polar surface area (TPSA) is 24.5 Å². The average Bonchev–Trinajstić information content (AvgIpc) is 2.43. The summed E-state index contributed by atoms with van der Waals surface area (Å²) < 4.78 is 6.44. The van der Waals surface area contributed by atoms with E-state index in [1.165, 1.54) is 28.6 Å². The molecule has 0 radical (unpaired) electrons. The smallest absolute Gasteiger partial charge is 0.0491 e. The monoisotopic (exact) mass is 326 g/mol. The number of halogens is 1. The van der Waals surface area contributed by atoms with E-state index in [2.05, 4.69) is 44.3 Å². The van der Waals surface area contributed by atoms with Crippen molar-refractivity contribution in [2.24, 2.45) is 5.92 Å². The molecule has 1 aromatic rings. The Morgan fingerprint density at radius 1 is 1.37 bits per heavy atom. The van der Waals surface area contributed by atoms with Gasteiger partial charge in [0.2, 0.25) is 0 Å². The predicted molar refractivity (Wildman–Crippen MR) is 83.7 cm³/mol. The highest BCUT2D eigenvalue weighted by Gasteiger charge is 2.19. The molecular formula is C15H23BrN2O. The molecule has 1 saturated heterocycles. The van der Waals surface area contributed by atoms with E-state index in [0.29, 0.717) is 0 Å². The van der Waals surface area contributed by atoms with Gasteiger partial charge in [0.25, 0.3) is 0 Å². The lowest BCUT2D eigenvalue weighted by molar-refractivity contribution is 0.139.